The molecule has 120 valence electrons. The highest BCUT2D eigenvalue weighted by Crippen LogP contribution is 2.31. The number of para-hydroxylation sites is 2. The van der Waals surface area contributed by atoms with Crippen molar-refractivity contribution < 1.29 is 14.3 Å². The van der Waals surface area contributed by atoms with Crippen LogP contribution in [0.2, 0.25) is 0 Å². The van der Waals surface area contributed by atoms with Crippen molar-refractivity contribution in [2.75, 3.05) is 11.9 Å². The number of amides is 1. The summed E-state index contributed by atoms with van der Waals surface area (Å²) in [5.74, 6) is 0.949. The first-order valence-corrected chi connectivity index (χ1v) is 7.32. The average molecular weight is 323 g/mol. The van der Waals surface area contributed by atoms with Gasteiger partial charge in [0.1, 0.15) is 12.9 Å². The van der Waals surface area contributed by atoms with Gasteiger partial charge in [-0.1, -0.05) is 12.1 Å². The highest BCUT2D eigenvalue weighted by Gasteiger charge is 2.27. The zero-order valence-corrected chi connectivity index (χ0v) is 12.5. The summed E-state index contributed by atoms with van der Waals surface area (Å²) < 4.78 is 12.8. The summed E-state index contributed by atoms with van der Waals surface area (Å²) >= 11 is 0. The van der Waals surface area contributed by atoms with Crippen molar-refractivity contribution in [3.05, 3.63) is 54.9 Å². The fourth-order valence-corrected chi connectivity index (χ4v) is 2.35. The lowest BCUT2D eigenvalue weighted by Gasteiger charge is -2.25. The number of tetrazole rings is 1. The third kappa shape index (κ3) is 2.76. The van der Waals surface area contributed by atoms with Crippen LogP contribution < -0.4 is 14.8 Å². The molecule has 0 fully saturated rings. The van der Waals surface area contributed by atoms with Gasteiger partial charge < -0.3 is 14.8 Å². The molecule has 0 spiro atoms. The Kier molecular flexibility index (Phi) is 3.54. The van der Waals surface area contributed by atoms with E-state index in [1.807, 2.05) is 12.1 Å². The third-order valence-electron chi connectivity index (χ3n) is 3.55. The van der Waals surface area contributed by atoms with Crippen molar-refractivity contribution in [3.8, 4) is 17.2 Å². The van der Waals surface area contributed by atoms with E-state index in [2.05, 4.69) is 20.8 Å². The number of nitrogens with zero attached hydrogens (tertiary/aromatic N) is 4. The number of benzene rings is 2. The van der Waals surface area contributed by atoms with Crippen molar-refractivity contribution in [3.63, 3.8) is 0 Å². The van der Waals surface area contributed by atoms with Gasteiger partial charge in [0.15, 0.2) is 11.5 Å². The van der Waals surface area contributed by atoms with Gasteiger partial charge in [-0.3, -0.25) is 4.79 Å². The Hall–Kier alpha value is -3.42. The Balaban J connectivity index is 1.43. The Morgan fingerprint density at radius 1 is 1.12 bits per heavy atom. The fourth-order valence-electron chi connectivity index (χ4n) is 2.35. The molecule has 4 rings (SSSR count). The highest BCUT2D eigenvalue weighted by atomic mass is 16.6. The van der Waals surface area contributed by atoms with Crippen LogP contribution in [0.4, 0.5) is 5.69 Å². The minimum absolute atomic E-state index is 0.172. The van der Waals surface area contributed by atoms with Crippen molar-refractivity contribution in [1.82, 2.24) is 20.2 Å². The van der Waals surface area contributed by atoms with Gasteiger partial charge in [-0.25, -0.2) is 4.68 Å². The number of carbonyl (C=O) groups excluding carboxylic acids is 1. The van der Waals surface area contributed by atoms with Crippen LogP contribution in [-0.2, 0) is 4.79 Å². The molecule has 2 heterocycles. The smallest absolute Gasteiger partial charge is 0.269 e. The third-order valence-corrected chi connectivity index (χ3v) is 3.55. The maximum atomic E-state index is 12.3. The summed E-state index contributed by atoms with van der Waals surface area (Å²) in [5.41, 5.74) is 1.45. The van der Waals surface area contributed by atoms with E-state index in [1.54, 1.807) is 36.4 Å². The van der Waals surface area contributed by atoms with Gasteiger partial charge in [0.2, 0.25) is 6.10 Å². The lowest BCUT2D eigenvalue weighted by atomic mass is 10.2. The van der Waals surface area contributed by atoms with Crippen molar-refractivity contribution in [2.24, 2.45) is 0 Å². The van der Waals surface area contributed by atoms with Crippen LogP contribution in [0.1, 0.15) is 0 Å². The van der Waals surface area contributed by atoms with Gasteiger partial charge >= 0.3 is 0 Å². The van der Waals surface area contributed by atoms with E-state index in [0.717, 1.165) is 5.69 Å². The standard InChI is InChI=1S/C16H13N5O3/c22-16(15-9-23-13-3-1-2-4-14(13)24-15)18-11-5-7-12(8-6-11)21-10-17-19-20-21/h1-8,10,15H,9H2,(H,18,22)/t15-/m0/s1. The molecule has 1 aliphatic heterocycles. The summed E-state index contributed by atoms with van der Waals surface area (Å²) in [5, 5.41) is 13.8. The first-order chi connectivity index (χ1) is 11.8. The van der Waals surface area contributed by atoms with Gasteiger partial charge in [-0.2, -0.15) is 0 Å². The Labute approximate surface area is 137 Å². The summed E-state index contributed by atoms with van der Waals surface area (Å²) in [7, 11) is 0. The zero-order valence-electron chi connectivity index (χ0n) is 12.5. The molecule has 2 aromatic carbocycles. The minimum Gasteiger partial charge on any atom is -0.485 e. The summed E-state index contributed by atoms with van der Waals surface area (Å²) in [6.45, 7) is 0.172. The molecular weight excluding hydrogens is 310 g/mol. The molecule has 3 aromatic rings. The summed E-state index contributed by atoms with van der Waals surface area (Å²) in [6.07, 6.45) is 0.803. The average Bonchev–Trinajstić information content (AvgIpc) is 3.16. The molecule has 0 aliphatic carbocycles. The molecule has 8 heteroatoms. The Bertz CT molecular complexity index is 848. The van der Waals surface area contributed by atoms with Crippen molar-refractivity contribution in [2.45, 2.75) is 6.10 Å². The number of hydrogen-bond donors (Lipinski definition) is 1. The lowest BCUT2D eigenvalue weighted by Crippen LogP contribution is -2.40. The molecule has 0 unspecified atom stereocenters. The monoisotopic (exact) mass is 323 g/mol. The molecule has 1 amide bonds. The molecule has 8 nitrogen and oxygen atoms in total. The normalized spacial score (nSPS) is 15.8. The van der Waals surface area contributed by atoms with Gasteiger partial charge in [0.25, 0.3) is 5.91 Å². The molecule has 1 aromatic heterocycles. The van der Waals surface area contributed by atoms with Gasteiger partial charge in [-0.15, -0.1) is 5.10 Å². The van der Waals surface area contributed by atoms with E-state index in [9.17, 15) is 4.79 Å². The van der Waals surface area contributed by atoms with Crippen LogP contribution >= 0.6 is 0 Å². The van der Waals surface area contributed by atoms with Crippen LogP contribution in [0.15, 0.2) is 54.9 Å². The van der Waals surface area contributed by atoms with Gasteiger partial charge in [-0.05, 0) is 46.8 Å². The SMILES string of the molecule is O=C(Nc1ccc(-n2cnnn2)cc1)[C@@H]1COc2ccccc2O1. The topological polar surface area (TPSA) is 91.2 Å². The number of carbonyl (C=O) groups is 1. The van der Waals surface area contributed by atoms with Crippen LogP contribution in [0.3, 0.4) is 0 Å². The largest absolute Gasteiger partial charge is 0.485 e. The number of aromatic nitrogens is 4. The molecule has 0 bridgehead atoms. The van der Waals surface area contributed by atoms with Crippen molar-refractivity contribution >= 4 is 11.6 Å². The van der Waals surface area contributed by atoms with Crippen LogP contribution in [0, 0.1) is 0 Å². The molecule has 1 aliphatic rings. The van der Waals surface area contributed by atoms with Crippen molar-refractivity contribution in [1.29, 1.82) is 0 Å². The Morgan fingerprint density at radius 2 is 1.92 bits per heavy atom. The second-order valence-electron chi connectivity index (χ2n) is 5.15. The maximum absolute atomic E-state index is 12.3. The highest BCUT2D eigenvalue weighted by molar-refractivity contribution is 5.94. The molecular formula is C16H13N5O3. The van der Waals surface area contributed by atoms with Crippen LogP contribution in [0.5, 0.6) is 11.5 Å². The number of ether oxygens (including phenoxy) is 2. The first-order valence-electron chi connectivity index (χ1n) is 7.32. The molecule has 24 heavy (non-hydrogen) atoms. The number of fused-ring (bicyclic) bond motifs is 1. The number of hydrogen-bond acceptors (Lipinski definition) is 6. The minimum atomic E-state index is -0.695. The maximum Gasteiger partial charge on any atom is 0.269 e. The van der Waals surface area contributed by atoms with Gasteiger partial charge in [0, 0.05) is 5.69 Å². The van der Waals surface area contributed by atoms with E-state index >= 15 is 0 Å². The number of nitrogens with one attached hydrogen (secondary N) is 1. The fraction of sp³-hybridized carbons (Fsp3) is 0.125. The predicted molar refractivity (Wildman–Crippen MR) is 84.1 cm³/mol. The quantitative estimate of drug-likeness (QED) is 0.784. The van der Waals surface area contributed by atoms with E-state index < -0.39 is 6.10 Å². The molecule has 0 saturated heterocycles. The van der Waals surface area contributed by atoms with E-state index in [4.69, 9.17) is 9.47 Å². The number of rotatable bonds is 3. The van der Waals surface area contributed by atoms with Crippen LogP contribution in [-0.4, -0.2) is 38.8 Å². The Morgan fingerprint density at radius 3 is 2.67 bits per heavy atom. The zero-order chi connectivity index (χ0) is 16.4. The lowest BCUT2D eigenvalue weighted by molar-refractivity contribution is -0.125. The first kappa shape index (κ1) is 14.2. The summed E-state index contributed by atoms with van der Waals surface area (Å²) in [6, 6.07) is 14.4. The molecule has 0 radical (unpaired) electrons. The predicted octanol–water partition coefficient (Wildman–Crippen LogP) is 1.44. The van der Waals surface area contributed by atoms with E-state index in [1.165, 1.54) is 11.0 Å². The molecule has 0 saturated carbocycles. The van der Waals surface area contributed by atoms with E-state index in [-0.39, 0.29) is 12.5 Å². The van der Waals surface area contributed by atoms with E-state index in [0.29, 0.717) is 17.2 Å². The molecule has 1 atom stereocenters. The summed E-state index contributed by atoms with van der Waals surface area (Å²) in [4.78, 5) is 12.3. The number of anilines is 1. The second kappa shape index (κ2) is 5.99. The van der Waals surface area contributed by atoms with Crippen LogP contribution in [0.25, 0.3) is 5.69 Å². The second-order valence-corrected chi connectivity index (χ2v) is 5.15. The molecule has 1 N–H and O–H groups in total. The van der Waals surface area contributed by atoms with Gasteiger partial charge in [0.05, 0.1) is 5.69 Å².